The molecule has 0 spiro atoms. The van der Waals surface area contributed by atoms with Crippen molar-refractivity contribution >= 4 is 17.7 Å². The minimum atomic E-state index is -1.03. The molecule has 0 aliphatic carbocycles. The summed E-state index contributed by atoms with van der Waals surface area (Å²) in [4.78, 5) is 20.1. The van der Waals surface area contributed by atoms with Gasteiger partial charge in [-0.25, -0.2) is 14.8 Å². The largest absolute Gasteiger partial charge is 0.478 e. The number of carboxylic acids is 1. The van der Waals surface area contributed by atoms with Gasteiger partial charge in [0.1, 0.15) is 16.4 Å². The molecule has 0 fully saturated rings. The third-order valence-electron chi connectivity index (χ3n) is 3.55. The van der Waals surface area contributed by atoms with Gasteiger partial charge >= 0.3 is 5.97 Å². The van der Waals surface area contributed by atoms with E-state index in [-0.39, 0.29) is 17.4 Å². The highest BCUT2D eigenvalue weighted by Crippen LogP contribution is 2.30. The summed E-state index contributed by atoms with van der Waals surface area (Å²) in [5, 5.41) is 20.1. The molecular formula is C15H24N2O3S. The van der Waals surface area contributed by atoms with Gasteiger partial charge in [-0.3, -0.25) is 0 Å². The van der Waals surface area contributed by atoms with Crippen molar-refractivity contribution in [3.63, 3.8) is 0 Å². The summed E-state index contributed by atoms with van der Waals surface area (Å²) in [5.74, 6) is 0.180. The van der Waals surface area contributed by atoms with Crippen LogP contribution in [0.25, 0.3) is 0 Å². The lowest BCUT2D eigenvalue weighted by atomic mass is 9.95. The van der Waals surface area contributed by atoms with Gasteiger partial charge in [0.15, 0.2) is 0 Å². The normalized spacial score (nSPS) is 14.5. The van der Waals surface area contributed by atoms with Gasteiger partial charge in [-0.15, -0.1) is 11.8 Å². The monoisotopic (exact) mass is 312 g/mol. The van der Waals surface area contributed by atoms with Crippen molar-refractivity contribution < 1.29 is 15.0 Å². The van der Waals surface area contributed by atoms with Gasteiger partial charge in [0.25, 0.3) is 0 Å². The number of rotatable bonds is 6. The molecule has 1 aromatic heterocycles. The van der Waals surface area contributed by atoms with E-state index in [0.29, 0.717) is 22.3 Å². The highest BCUT2D eigenvalue weighted by Gasteiger charge is 2.27. The van der Waals surface area contributed by atoms with Gasteiger partial charge < -0.3 is 10.2 Å². The maximum Gasteiger partial charge on any atom is 0.340 e. The molecule has 0 bridgehead atoms. The number of aryl methyl sites for hydroxylation is 1. The number of thioether (sulfide) groups is 1. The second kappa shape index (κ2) is 6.75. The van der Waals surface area contributed by atoms with Crippen LogP contribution in [0.2, 0.25) is 0 Å². The van der Waals surface area contributed by atoms with Crippen molar-refractivity contribution in [2.45, 2.75) is 58.1 Å². The fourth-order valence-electron chi connectivity index (χ4n) is 1.56. The minimum absolute atomic E-state index is 0.0748. The highest BCUT2D eigenvalue weighted by atomic mass is 32.2. The molecule has 1 unspecified atom stereocenters. The zero-order valence-corrected chi connectivity index (χ0v) is 14.3. The molecule has 21 heavy (non-hydrogen) atoms. The van der Waals surface area contributed by atoms with Crippen LogP contribution >= 0.6 is 11.8 Å². The van der Waals surface area contributed by atoms with Crippen LogP contribution in [0.15, 0.2) is 5.03 Å². The predicted octanol–water partition coefficient (Wildman–Crippen LogP) is 3.11. The average Bonchev–Trinajstić information content (AvgIpc) is 2.34. The van der Waals surface area contributed by atoms with Crippen LogP contribution in [0, 0.1) is 12.8 Å². The molecule has 1 rings (SSSR count). The number of aromatic carboxylic acids is 1. The smallest absolute Gasteiger partial charge is 0.340 e. The van der Waals surface area contributed by atoms with Gasteiger partial charge in [0, 0.05) is 11.7 Å². The molecule has 0 aromatic carbocycles. The maximum absolute atomic E-state index is 11.4. The van der Waals surface area contributed by atoms with E-state index in [1.165, 1.54) is 11.8 Å². The van der Waals surface area contributed by atoms with E-state index in [0.717, 1.165) is 0 Å². The molecule has 5 nitrogen and oxygen atoms in total. The van der Waals surface area contributed by atoms with Gasteiger partial charge in [-0.05, 0) is 19.8 Å². The van der Waals surface area contributed by atoms with E-state index in [4.69, 9.17) is 0 Å². The molecule has 0 aliphatic rings. The number of hydrogen-bond donors (Lipinski definition) is 2. The Morgan fingerprint density at radius 1 is 1.29 bits per heavy atom. The number of carboxylic acid groups (broad SMARTS) is 1. The lowest BCUT2D eigenvalue weighted by Gasteiger charge is -2.27. The summed E-state index contributed by atoms with van der Waals surface area (Å²) in [6, 6.07) is 0. The third-order valence-corrected chi connectivity index (χ3v) is 4.85. The zero-order chi connectivity index (χ0) is 16.4. The van der Waals surface area contributed by atoms with Crippen LogP contribution in [-0.4, -0.2) is 37.5 Å². The molecule has 6 heteroatoms. The summed E-state index contributed by atoms with van der Waals surface area (Å²) < 4.78 is 0. The fourth-order valence-corrected chi connectivity index (χ4v) is 2.86. The molecule has 0 saturated heterocycles. The molecule has 0 saturated carbocycles. The first-order chi connectivity index (χ1) is 9.56. The summed E-state index contributed by atoms with van der Waals surface area (Å²) in [6.07, 6.45) is 0. The topological polar surface area (TPSA) is 83.3 Å². The Kier molecular flexibility index (Phi) is 5.75. The zero-order valence-electron chi connectivity index (χ0n) is 13.5. The van der Waals surface area contributed by atoms with Gasteiger partial charge in [0.2, 0.25) is 0 Å². The minimum Gasteiger partial charge on any atom is -0.478 e. The molecule has 2 N–H and O–H groups in total. The predicted molar refractivity (Wildman–Crippen MR) is 84.0 cm³/mol. The molecule has 1 atom stereocenters. The Morgan fingerprint density at radius 2 is 1.86 bits per heavy atom. The van der Waals surface area contributed by atoms with Gasteiger partial charge in [-0.2, -0.15) is 0 Å². The van der Waals surface area contributed by atoms with Crippen molar-refractivity contribution in [3.05, 3.63) is 17.1 Å². The standard InChI is InChI=1S/C15H24N2O3S/c1-8(2)12-16-10(5)11(14(18)19)13(17-12)21-7-15(6,20)9(3)4/h8-9,20H,7H2,1-6H3,(H,18,19). The Morgan fingerprint density at radius 3 is 2.29 bits per heavy atom. The number of aromatic nitrogens is 2. The first-order valence-electron chi connectivity index (χ1n) is 7.03. The second-order valence-electron chi connectivity index (χ2n) is 6.11. The summed E-state index contributed by atoms with van der Waals surface area (Å²) >= 11 is 1.27. The lowest BCUT2D eigenvalue weighted by molar-refractivity contribution is 0.0375. The SMILES string of the molecule is Cc1nc(C(C)C)nc(SCC(C)(O)C(C)C)c1C(=O)O. The maximum atomic E-state index is 11.4. The van der Waals surface area contributed by atoms with E-state index in [2.05, 4.69) is 9.97 Å². The summed E-state index contributed by atoms with van der Waals surface area (Å²) in [6.45, 7) is 11.2. The van der Waals surface area contributed by atoms with Crippen molar-refractivity contribution in [1.29, 1.82) is 0 Å². The first kappa shape index (κ1) is 17.9. The van der Waals surface area contributed by atoms with Crippen LogP contribution < -0.4 is 0 Å². The molecule has 1 heterocycles. The Labute approximate surface area is 130 Å². The second-order valence-corrected chi connectivity index (χ2v) is 7.07. The number of aliphatic hydroxyl groups is 1. The van der Waals surface area contributed by atoms with Gasteiger partial charge in [-0.1, -0.05) is 27.7 Å². The molecule has 1 aromatic rings. The van der Waals surface area contributed by atoms with Gasteiger partial charge in [0.05, 0.1) is 11.3 Å². The van der Waals surface area contributed by atoms with Crippen molar-refractivity contribution in [2.75, 3.05) is 5.75 Å². The first-order valence-corrected chi connectivity index (χ1v) is 8.01. The van der Waals surface area contributed by atoms with Crippen molar-refractivity contribution in [3.8, 4) is 0 Å². The lowest BCUT2D eigenvalue weighted by Crippen LogP contribution is -2.34. The van der Waals surface area contributed by atoms with Crippen LogP contribution in [0.1, 0.15) is 62.4 Å². The van der Waals surface area contributed by atoms with E-state index < -0.39 is 11.6 Å². The number of nitrogens with zero attached hydrogens (tertiary/aromatic N) is 2. The Balaban J connectivity index is 3.17. The summed E-state index contributed by atoms with van der Waals surface area (Å²) in [7, 11) is 0. The Bertz CT molecular complexity index is 528. The van der Waals surface area contributed by atoms with Crippen LogP contribution in [-0.2, 0) is 0 Å². The highest BCUT2D eigenvalue weighted by molar-refractivity contribution is 7.99. The van der Waals surface area contributed by atoms with E-state index in [9.17, 15) is 15.0 Å². The van der Waals surface area contributed by atoms with Crippen molar-refractivity contribution in [2.24, 2.45) is 5.92 Å². The third kappa shape index (κ3) is 4.41. The number of carbonyl (C=O) groups is 1. The average molecular weight is 312 g/mol. The van der Waals surface area contributed by atoms with Crippen molar-refractivity contribution in [1.82, 2.24) is 9.97 Å². The van der Waals surface area contributed by atoms with E-state index in [1.54, 1.807) is 13.8 Å². The van der Waals surface area contributed by atoms with Crippen LogP contribution in [0.5, 0.6) is 0 Å². The molecular weight excluding hydrogens is 288 g/mol. The molecule has 0 amide bonds. The summed E-state index contributed by atoms with van der Waals surface area (Å²) in [5.41, 5.74) is -0.283. The quantitative estimate of drug-likeness (QED) is 0.620. The molecule has 0 radical (unpaired) electrons. The molecule has 0 aliphatic heterocycles. The Hall–Kier alpha value is -1.14. The van der Waals surface area contributed by atoms with Crippen LogP contribution in [0.3, 0.4) is 0 Å². The van der Waals surface area contributed by atoms with E-state index >= 15 is 0 Å². The van der Waals surface area contributed by atoms with Crippen LogP contribution in [0.4, 0.5) is 0 Å². The molecule has 118 valence electrons. The number of hydrogen-bond acceptors (Lipinski definition) is 5. The van der Waals surface area contributed by atoms with E-state index in [1.807, 2.05) is 27.7 Å². The fraction of sp³-hybridized carbons (Fsp3) is 0.667.